The van der Waals surface area contributed by atoms with E-state index in [1.807, 2.05) is 37.3 Å². The summed E-state index contributed by atoms with van der Waals surface area (Å²) in [5.74, 6) is -0.0584. The molecule has 0 bridgehead atoms. The van der Waals surface area contributed by atoms with E-state index in [-0.39, 0.29) is 25.0 Å². The number of nitrogens with zero attached hydrogens (tertiary/aromatic N) is 2. The van der Waals surface area contributed by atoms with Crippen molar-refractivity contribution >= 4 is 34.6 Å². The van der Waals surface area contributed by atoms with Gasteiger partial charge < -0.3 is 9.72 Å². The third-order valence-electron chi connectivity index (χ3n) is 4.44. The maximum Gasteiger partial charge on any atom is 0.265 e. The lowest BCUT2D eigenvalue weighted by Crippen LogP contribution is -2.44. The number of hydrogen-bond acceptors (Lipinski definition) is 4. The van der Waals surface area contributed by atoms with Gasteiger partial charge in [0.25, 0.3) is 11.8 Å². The van der Waals surface area contributed by atoms with Gasteiger partial charge in [0.2, 0.25) is 0 Å². The van der Waals surface area contributed by atoms with E-state index in [1.54, 1.807) is 24.4 Å². The van der Waals surface area contributed by atoms with E-state index >= 15 is 0 Å². The number of benzene rings is 2. The minimum atomic E-state index is -0.381. The molecule has 2 amide bonds. The maximum atomic E-state index is 12.3. The van der Waals surface area contributed by atoms with Gasteiger partial charge >= 0.3 is 0 Å². The largest absolute Gasteiger partial charge is 0.482 e. The van der Waals surface area contributed by atoms with Gasteiger partial charge in [-0.2, -0.15) is 5.10 Å². The van der Waals surface area contributed by atoms with E-state index in [4.69, 9.17) is 4.74 Å². The Morgan fingerprint density at radius 1 is 1.26 bits per heavy atom. The molecule has 7 nitrogen and oxygen atoms in total. The third-order valence-corrected chi connectivity index (χ3v) is 4.44. The van der Waals surface area contributed by atoms with Crippen LogP contribution in [-0.4, -0.2) is 36.2 Å². The van der Waals surface area contributed by atoms with E-state index in [0.29, 0.717) is 11.4 Å². The fourth-order valence-electron chi connectivity index (χ4n) is 3.14. The number of rotatable bonds is 4. The molecular formula is C20H18N4O3. The number of anilines is 1. The summed E-state index contributed by atoms with van der Waals surface area (Å²) in [5.41, 5.74) is 5.97. The van der Waals surface area contributed by atoms with Crippen molar-refractivity contribution in [3.63, 3.8) is 0 Å². The second-order valence-electron chi connectivity index (χ2n) is 6.24. The van der Waals surface area contributed by atoms with Gasteiger partial charge in [0.1, 0.15) is 12.3 Å². The second kappa shape index (κ2) is 6.95. The lowest BCUT2D eigenvalue weighted by atomic mass is 10.1. The van der Waals surface area contributed by atoms with Gasteiger partial charge in [0.05, 0.1) is 11.9 Å². The first-order chi connectivity index (χ1) is 13.1. The lowest BCUT2D eigenvalue weighted by Gasteiger charge is -2.28. The number of ether oxygens (including phenoxy) is 1. The van der Waals surface area contributed by atoms with Crippen LogP contribution in [0.1, 0.15) is 11.3 Å². The number of hydrazone groups is 1. The normalized spacial score (nSPS) is 13.7. The predicted molar refractivity (Wildman–Crippen MR) is 103 cm³/mol. The average molecular weight is 362 g/mol. The molecule has 0 saturated carbocycles. The van der Waals surface area contributed by atoms with Crippen LogP contribution >= 0.6 is 0 Å². The molecule has 1 aromatic heterocycles. The van der Waals surface area contributed by atoms with Crippen LogP contribution in [0.2, 0.25) is 0 Å². The van der Waals surface area contributed by atoms with E-state index in [9.17, 15) is 9.59 Å². The number of carbonyl (C=O) groups excluding carboxylic acids is 2. The zero-order valence-corrected chi connectivity index (χ0v) is 14.7. The van der Waals surface area contributed by atoms with E-state index < -0.39 is 0 Å². The molecule has 0 saturated heterocycles. The molecule has 27 heavy (non-hydrogen) atoms. The molecule has 136 valence electrons. The molecule has 2 N–H and O–H groups in total. The van der Waals surface area contributed by atoms with Gasteiger partial charge in [-0.25, -0.2) is 5.43 Å². The summed E-state index contributed by atoms with van der Waals surface area (Å²) in [5, 5.41) is 5.09. The number of carbonyl (C=O) groups is 2. The van der Waals surface area contributed by atoms with Crippen LogP contribution in [0.3, 0.4) is 0 Å². The number of aromatic nitrogens is 1. The minimum Gasteiger partial charge on any atom is -0.482 e. The number of aromatic amines is 1. The third kappa shape index (κ3) is 3.27. The SMILES string of the molecule is Cc1[nH]c2ccccc2c1/C=N/NC(=O)CN1C(=O)COc2ccccc21. The Labute approximate surface area is 155 Å². The van der Waals surface area contributed by atoms with E-state index in [0.717, 1.165) is 22.2 Å². The Balaban J connectivity index is 1.46. The number of fused-ring (bicyclic) bond motifs is 2. The molecule has 2 aromatic carbocycles. The van der Waals surface area contributed by atoms with Crippen LogP contribution < -0.4 is 15.1 Å². The highest BCUT2D eigenvalue weighted by atomic mass is 16.5. The fraction of sp³-hybridized carbons (Fsp3) is 0.150. The fourth-order valence-corrected chi connectivity index (χ4v) is 3.14. The predicted octanol–water partition coefficient (Wildman–Crippen LogP) is 2.35. The molecule has 3 aromatic rings. The maximum absolute atomic E-state index is 12.3. The van der Waals surface area contributed by atoms with Crippen molar-refractivity contribution in [2.24, 2.45) is 5.10 Å². The van der Waals surface area contributed by atoms with Crippen molar-refractivity contribution in [2.45, 2.75) is 6.92 Å². The molecule has 4 rings (SSSR count). The van der Waals surface area contributed by atoms with Crippen LogP contribution in [0.25, 0.3) is 10.9 Å². The Bertz CT molecular complexity index is 1050. The molecule has 7 heteroatoms. The monoisotopic (exact) mass is 362 g/mol. The Morgan fingerprint density at radius 3 is 2.93 bits per heavy atom. The van der Waals surface area contributed by atoms with Crippen molar-refractivity contribution in [1.29, 1.82) is 0 Å². The molecule has 1 aliphatic rings. The molecule has 2 heterocycles. The summed E-state index contributed by atoms with van der Waals surface area (Å²) in [6, 6.07) is 15.0. The molecule has 0 unspecified atom stereocenters. The number of hydrogen-bond donors (Lipinski definition) is 2. The number of para-hydroxylation sites is 3. The van der Waals surface area contributed by atoms with Crippen LogP contribution in [0.4, 0.5) is 5.69 Å². The van der Waals surface area contributed by atoms with Crippen LogP contribution in [0.5, 0.6) is 5.75 Å². The summed E-state index contributed by atoms with van der Waals surface area (Å²) in [4.78, 5) is 29.1. The number of nitrogens with one attached hydrogen (secondary N) is 2. The van der Waals surface area contributed by atoms with Crippen LogP contribution in [0, 0.1) is 6.92 Å². The van der Waals surface area contributed by atoms with E-state index in [2.05, 4.69) is 15.5 Å². The van der Waals surface area contributed by atoms with Gasteiger partial charge in [-0.15, -0.1) is 0 Å². The van der Waals surface area contributed by atoms with Crippen LogP contribution in [0.15, 0.2) is 53.6 Å². The molecule has 0 atom stereocenters. The summed E-state index contributed by atoms with van der Waals surface area (Å²) in [7, 11) is 0. The Morgan fingerprint density at radius 2 is 2.04 bits per heavy atom. The van der Waals surface area contributed by atoms with E-state index in [1.165, 1.54) is 4.90 Å². The van der Waals surface area contributed by atoms with Gasteiger partial charge in [0.15, 0.2) is 6.61 Å². The first-order valence-corrected chi connectivity index (χ1v) is 8.55. The average Bonchev–Trinajstić information content (AvgIpc) is 2.99. The Kier molecular flexibility index (Phi) is 4.33. The van der Waals surface area contributed by atoms with Gasteiger partial charge in [-0.05, 0) is 25.1 Å². The smallest absolute Gasteiger partial charge is 0.265 e. The highest BCUT2D eigenvalue weighted by Crippen LogP contribution is 2.31. The van der Waals surface area contributed by atoms with Gasteiger partial charge in [0, 0.05) is 22.2 Å². The molecule has 0 fully saturated rings. The zero-order valence-electron chi connectivity index (χ0n) is 14.7. The second-order valence-corrected chi connectivity index (χ2v) is 6.24. The molecule has 0 aliphatic carbocycles. The van der Waals surface area contributed by atoms with Gasteiger partial charge in [-0.1, -0.05) is 30.3 Å². The number of amides is 2. The standard InChI is InChI=1S/C20H18N4O3/c1-13-15(14-6-2-3-7-16(14)22-13)10-21-23-19(25)11-24-17-8-4-5-9-18(17)27-12-20(24)26/h2-10,22H,11-12H2,1H3,(H,23,25)/b21-10+. The summed E-state index contributed by atoms with van der Waals surface area (Å²) in [6.45, 7) is 1.75. The topological polar surface area (TPSA) is 86.8 Å². The highest BCUT2D eigenvalue weighted by Gasteiger charge is 2.26. The highest BCUT2D eigenvalue weighted by molar-refractivity contribution is 6.03. The molecule has 0 spiro atoms. The van der Waals surface area contributed by atoms with Crippen molar-refractivity contribution in [1.82, 2.24) is 10.4 Å². The molecule has 1 aliphatic heterocycles. The summed E-state index contributed by atoms with van der Waals surface area (Å²) >= 11 is 0. The van der Waals surface area contributed by atoms with Crippen LogP contribution in [-0.2, 0) is 9.59 Å². The lowest BCUT2D eigenvalue weighted by molar-refractivity contribution is -0.125. The van der Waals surface area contributed by atoms with Crippen molar-refractivity contribution in [2.75, 3.05) is 18.1 Å². The van der Waals surface area contributed by atoms with Crippen molar-refractivity contribution in [3.8, 4) is 5.75 Å². The van der Waals surface area contributed by atoms with Gasteiger partial charge in [-0.3, -0.25) is 14.5 Å². The first kappa shape index (κ1) is 16.8. The Hall–Kier alpha value is -3.61. The minimum absolute atomic E-state index is 0.0813. The summed E-state index contributed by atoms with van der Waals surface area (Å²) in [6.07, 6.45) is 1.61. The quantitative estimate of drug-likeness (QED) is 0.552. The number of aryl methyl sites for hydroxylation is 1. The van der Waals surface area contributed by atoms with Crippen molar-refractivity contribution < 1.29 is 14.3 Å². The zero-order chi connectivity index (χ0) is 18.8. The molecule has 0 radical (unpaired) electrons. The molecular weight excluding hydrogens is 344 g/mol. The first-order valence-electron chi connectivity index (χ1n) is 8.55. The van der Waals surface area contributed by atoms with Crippen molar-refractivity contribution in [3.05, 3.63) is 59.8 Å². The summed E-state index contributed by atoms with van der Waals surface area (Å²) < 4.78 is 5.38. The number of H-pyrrole nitrogens is 1.